The molecule has 2 atom stereocenters. The van der Waals surface area contributed by atoms with E-state index in [1.165, 1.54) is 22.0 Å². The van der Waals surface area contributed by atoms with Crippen LogP contribution in [0.5, 0.6) is 0 Å². The van der Waals surface area contributed by atoms with Gasteiger partial charge in [0.1, 0.15) is 6.10 Å². The topological polar surface area (TPSA) is 18.5 Å². The Labute approximate surface area is 116 Å². The van der Waals surface area contributed by atoms with Crippen molar-refractivity contribution in [1.29, 1.82) is 0 Å². The monoisotopic (exact) mass is 343 g/mol. The summed E-state index contributed by atoms with van der Waals surface area (Å²) in [7, 11) is 0. The third-order valence-corrected chi connectivity index (χ3v) is 4.61. The molecule has 1 saturated carbocycles. The lowest BCUT2D eigenvalue weighted by Gasteiger charge is -2.22. The van der Waals surface area contributed by atoms with Crippen molar-refractivity contribution in [2.24, 2.45) is 0 Å². The molecule has 0 bridgehead atoms. The van der Waals surface area contributed by atoms with Crippen LogP contribution in [0.15, 0.2) is 24.3 Å². The molecule has 1 heterocycles. The Morgan fingerprint density at radius 1 is 1.18 bits per heavy atom. The first-order valence-corrected chi connectivity index (χ1v) is 7.21. The molecule has 3 heteroatoms. The van der Waals surface area contributed by atoms with Gasteiger partial charge in [0.05, 0.1) is 6.10 Å². The molecule has 17 heavy (non-hydrogen) atoms. The lowest BCUT2D eigenvalue weighted by atomic mass is 10.1. The molecule has 91 valence electrons. The first-order valence-electron chi connectivity index (χ1n) is 6.13. The zero-order valence-corrected chi connectivity index (χ0v) is 11.9. The van der Waals surface area contributed by atoms with Gasteiger partial charge in [0.15, 0.2) is 5.79 Å². The number of rotatable bonds is 1. The van der Waals surface area contributed by atoms with Crippen molar-refractivity contribution in [3.05, 3.63) is 40.3 Å². The lowest BCUT2D eigenvalue weighted by molar-refractivity contribution is -0.167. The quantitative estimate of drug-likeness (QED) is 0.721. The second kappa shape index (κ2) is 4.52. The summed E-state index contributed by atoms with van der Waals surface area (Å²) in [5.74, 6) is -0.337. The predicted molar refractivity (Wildman–Crippen MR) is 74.4 cm³/mol. The second-order valence-electron chi connectivity index (χ2n) is 4.83. The summed E-state index contributed by atoms with van der Waals surface area (Å²) in [5, 5.41) is 0. The molecular formula is C14H16IO2. The van der Waals surface area contributed by atoms with Crippen LogP contribution in [0.4, 0.5) is 0 Å². The van der Waals surface area contributed by atoms with Crippen LogP contribution in [0, 0.1) is 10.5 Å². The molecule has 3 rings (SSSR count). The summed E-state index contributed by atoms with van der Waals surface area (Å²) in [4.78, 5) is 0. The SMILES string of the molecule is [CH2][C@H]1OC2(CCCC2)O[C@@H]1c1ccccc1I. The number of benzene rings is 1. The molecule has 1 aromatic carbocycles. The summed E-state index contributed by atoms with van der Waals surface area (Å²) in [5.41, 5.74) is 1.21. The molecule has 0 unspecified atom stereocenters. The Bertz CT molecular complexity index is 412. The number of hydrogen-bond donors (Lipinski definition) is 0. The molecule has 1 spiro atoms. The van der Waals surface area contributed by atoms with Crippen molar-refractivity contribution in [2.45, 2.75) is 43.7 Å². The van der Waals surface area contributed by atoms with Crippen molar-refractivity contribution in [2.75, 3.05) is 0 Å². The minimum absolute atomic E-state index is 0.0128. The Kier molecular flexibility index (Phi) is 3.17. The van der Waals surface area contributed by atoms with E-state index in [2.05, 4.69) is 41.6 Å². The number of ether oxygens (including phenoxy) is 2. The van der Waals surface area contributed by atoms with E-state index in [1.807, 2.05) is 12.1 Å². The van der Waals surface area contributed by atoms with Gasteiger partial charge in [-0.1, -0.05) is 18.2 Å². The zero-order valence-electron chi connectivity index (χ0n) is 9.69. The molecule has 0 N–H and O–H groups in total. The van der Waals surface area contributed by atoms with E-state index in [1.54, 1.807) is 0 Å². The van der Waals surface area contributed by atoms with Crippen LogP contribution in [0.25, 0.3) is 0 Å². The molecule has 1 aliphatic heterocycles. The van der Waals surface area contributed by atoms with E-state index in [0.29, 0.717) is 0 Å². The van der Waals surface area contributed by atoms with Gasteiger partial charge in [0.2, 0.25) is 0 Å². The number of halogens is 1. The molecule has 2 aliphatic rings. The average Bonchev–Trinajstić information content (AvgIpc) is 2.88. The molecule has 1 radical (unpaired) electrons. The predicted octanol–water partition coefficient (Wildman–Crippen LogP) is 3.85. The Hall–Kier alpha value is -0.130. The summed E-state index contributed by atoms with van der Waals surface area (Å²) in [6.07, 6.45) is 4.32. The fraction of sp³-hybridized carbons (Fsp3) is 0.500. The molecular weight excluding hydrogens is 327 g/mol. The maximum absolute atomic E-state index is 6.20. The van der Waals surface area contributed by atoms with Gasteiger partial charge in [0.25, 0.3) is 0 Å². The van der Waals surface area contributed by atoms with Crippen LogP contribution in [-0.4, -0.2) is 11.9 Å². The second-order valence-corrected chi connectivity index (χ2v) is 6.00. The minimum Gasteiger partial charge on any atom is -0.344 e. The lowest BCUT2D eigenvalue weighted by Crippen LogP contribution is -2.26. The molecule has 1 saturated heterocycles. The van der Waals surface area contributed by atoms with Crippen molar-refractivity contribution in [1.82, 2.24) is 0 Å². The highest BCUT2D eigenvalue weighted by Crippen LogP contribution is 2.47. The van der Waals surface area contributed by atoms with Gasteiger partial charge in [-0.2, -0.15) is 0 Å². The average molecular weight is 343 g/mol. The van der Waals surface area contributed by atoms with Crippen LogP contribution >= 0.6 is 22.6 Å². The summed E-state index contributed by atoms with van der Waals surface area (Å²) in [6, 6.07) is 8.31. The van der Waals surface area contributed by atoms with Crippen molar-refractivity contribution < 1.29 is 9.47 Å². The van der Waals surface area contributed by atoms with E-state index < -0.39 is 0 Å². The van der Waals surface area contributed by atoms with Gasteiger partial charge in [-0.25, -0.2) is 0 Å². The van der Waals surface area contributed by atoms with E-state index >= 15 is 0 Å². The Morgan fingerprint density at radius 2 is 1.88 bits per heavy atom. The maximum Gasteiger partial charge on any atom is 0.169 e. The smallest absolute Gasteiger partial charge is 0.169 e. The minimum atomic E-state index is -0.337. The van der Waals surface area contributed by atoms with E-state index in [9.17, 15) is 0 Å². The van der Waals surface area contributed by atoms with Crippen LogP contribution in [0.1, 0.15) is 37.4 Å². The standard InChI is InChI=1S/C14H16IO2/c1-10-13(11-6-2-3-7-12(11)15)17-14(16-10)8-4-5-9-14/h2-3,6-7,10,13H,1,4-5,8-9H2/t10-,13+/m1/s1. The largest absolute Gasteiger partial charge is 0.344 e. The van der Waals surface area contributed by atoms with Gasteiger partial charge in [-0.05, 0) is 54.0 Å². The Morgan fingerprint density at radius 3 is 2.59 bits per heavy atom. The van der Waals surface area contributed by atoms with Gasteiger partial charge in [-0.3, -0.25) is 0 Å². The van der Waals surface area contributed by atoms with Crippen LogP contribution in [0.3, 0.4) is 0 Å². The van der Waals surface area contributed by atoms with Crippen molar-refractivity contribution >= 4 is 22.6 Å². The summed E-state index contributed by atoms with van der Waals surface area (Å²) >= 11 is 2.35. The van der Waals surface area contributed by atoms with Crippen molar-refractivity contribution in [3.8, 4) is 0 Å². The van der Waals surface area contributed by atoms with Crippen LogP contribution in [0.2, 0.25) is 0 Å². The van der Waals surface area contributed by atoms with Crippen molar-refractivity contribution in [3.63, 3.8) is 0 Å². The summed E-state index contributed by atoms with van der Waals surface area (Å²) < 4.78 is 13.4. The highest BCUT2D eigenvalue weighted by molar-refractivity contribution is 14.1. The van der Waals surface area contributed by atoms with Crippen LogP contribution in [-0.2, 0) is 9.47 Å². The Balaban J connectivity index is 1.87. The third kappa shape index (κ3) is 2.13. The van der Waals surface area contributed by atoms with Gasteiger partial charge < -0.3 is 9.47 Å². The molecule has 0 aromatic heterocycles. The molecule has 2 fully saturated rings. The summed E-state index contributed by atoms with van der Waals surface area (Å²) in [6.45, 7) is 4.10. The highest BCUT2D eigenvalue weighted by atomic mass is 127. The van der Waals surface area contributed by atoms with E-state index in [4.69, 9.17) is 9.47 Å². The molecule has 1 aliphatic carbocycles. The van der Waals surface area contributed by atoms with E-state index in [-0.39, 0.29) is 18.0 Å². The number of hydrogen-bond acceptors (Lipinski definition) is 2. The fourth-order valence-corrected chi connectivity index (χ4v) is 3.49. The first-order chi connectivity index (χ1) is 8.20. The van der Waals surface area contributed by atoms with Gasteiger partial charge >= 0.3 is 0 Å². The normalized spacial score (nSPS) is 31.2. The fourth-order valence-electron chi connectivity index (χ4n) is 2.79. The highest BCUT2D eigenvalue weighted by Gasteiger charge is 2.48. The van der Waals surface area contributed by atoms with Crippen LogP contribution < -0.4 is 0 Å². The first kappa shape index (κ1) is 11.9. The van der Waals surface area contributed by atoms with Gasteiger partial charge in [0, 0.05) is 16.4 Å². The molecule has 1 aromatic rings. The molecule has 0 amide bonds. The van der Waals surface area contributed by atoms with Gasteiger partial charge in [-0.15, -0.1) is 0 Å². The van der Waals surface area contributed by atoms with E-state index in [0.717, 1.165) is 12.8 Å². The zero-order chi connectivity index (χ0) is 11.9. The maximum atomic E-state index is 6.20. The molecule has 2 nitrogen and oxygen atoms in total. The third-order valence-electron chi connectivity index (χ3n) is 3.62.